The van der Waals surface area contributed by atoms with Crippen LogP contribution in [0.2, 0.25) is 0 Å². The number of likely N-dealkylation sites (tertiary alicyclic amines) is 1. The van der Waals surface area contributed by atoms with Gasteiger partial charge in [0.25, 0.3) is 0 Å². The summed E-state index contributed by atoms with van der Waals surface area (Å²) in [5.41, 5.74) is 8.98. The van der Waals surface area contributed by atoms with Crippen molar-refractivity contribution in [1.82, 2.24) is 10.2 Å². The van der Waals surface area contributed by atoms with Crippen LogP contribution < -0.4 is 15.8 Å². The number of halogens is 4. The van der Waals surface area contributed by atoms with E-state index in [0.717, 1.165) is 38.0 Å². The zero-order chi connectivity index (χ0) is 22.3. The maximum absolute atomic E-state index is 12.2. The second-order valence-electron chi connectivity index (χ2n) is 7.52. The van der Waals surface area contributed by atoms with E-state index < -0.39 is 6.36 Å². The molecule has 0 saturated carbocycles. The van der Waals surface area contributed by atoms with Crippen molar-refractivity contribution in [2.75, 3.05) is 13.1 Å². The molecule has 176 valence electrons. The minimum absolute atomic E-state index is 0. The standard InChI is InChI=1S/C22H27F3N4O2.HI/c23-22(24,25)31-20-7-5-16(6-8-20)13-27-21(26)28-14-17-3-1-2-4-18(17)15-29-11-9-19(30)10-12-29;/h1-8,19,30H,9-15H2,(H3,26,27,28);1H. The van der Waals surface area contributed by atoms with E-state index in [0.29, 0.717) is 12.1 Å². The lowest BCUT2D eigenvalue weighted by molar-refractivity contribution is -0.274. The molecule has 10 heteroatoms. The van der Waals surface area contributed by atoms with Gasteiger partial charge in [0.15, 0.2) is 5.96 Å². The van der Waals surface area contributed by atoms with Crippen molar-refractivity contribution in [2.45, 2.75) is 44.9 Å². The van der Waals surface area contributed by atoms with Crippen molar-refractivity contribution in [3.8, 4) is 5.75 Å². The predicted molar refractivity (Wildman–Crippen MR) is 128 cm³/mol. The van der Waals surface area contributed by atoms with Crippen LogP contribution in [-0.2, 0) is 19.6 Å². The molecule has 0 amide bonds. The summed E-state index contributed by atoms with van der Waals surface area (Å²) in [4.78, 5) is 6.58. The lowest BCUT2D eigenvalue weighted by atomic mass is 10.0. The maximum Gasteiger partial charge on any atom is 0.573 e. The molecule has 1 aliphatic heterocycles. The fraction of sp³-hybridized carbons (Fsp3) is 0.409. The molecule has 0 unspecified atom stereocenters. The number of nitrogens with two attached hydrogens (primary N) is 1. The number of aliphatic hydroxyl groups is 1. The van der Waals surface area contributed by atoms with E-state index in [1.807, 2.05) is 18.2 Å². The van der Waals surface area contributed by atoms with Crippen LogP contribution in [0.15, 0.2) is 53.5 Å². The van der Waals surface area contributed by atoms with Crippen LogP contribution in [0.5, 0.6) is 5.75 Å². The molecule has 3 rings (SSSR count). The van der Waals surface area contributed by atoms with Crippen LogP contribution >= 0.6 is 24.0 Å². The molecule has 0 aromatic heterocycles. The highest BCUT2D eigenvalue weighted by atomic mass is 127. The summed E-state index contributed by atoms with van der Waals surface area (Å²) in [7, 11) is 0. The highest BCUT2D eigenvalue weighted by Gasteiger charge is 2.30. The molecule has 0 bridgehead atoms. The van der Waals surface area contributed by atoms with Gasteiger partial charge in [-0.05, 0) is 41.7 Å². The Morgan fingerprint density at radius 2 is 1.72 bits per heavy atom. The molecule has 1 heterocycles. The maximum atomic E-state index is 12.2. The van der Waals surface area contributed by atoms with Crippen molar-refractivity contribution >= 4 is 29.9 Å². The molecule has 32 heavy (non-hydrogen) atoms. The summed E-state index contributed by atoms with van der Waals surface area (Å²) >= 11 is 0. The zero-order valence-electron chi connectivity index (χ0n) is 17.5. The Labute approximate surface area is 202 Å². The van der Waals surface area contributed by atoms with Gasteiger partial charge in [-0.15, -0.1) is 37.1 Å². The monoisotopic (exact) mass is 564 g/mol. The molecule has 0 aliphatic carbocycles. The van der Waals surface area contributed by atoms with Crippen LogP contribution in [-0.4, -0.2) is 41.5 Å². The number of ether oxygens (including phenoxy) is 1. The van der Waals surface area contributed by atoms with E-state index in [-0.39, 0.29) is 48.3 Å². The van der Waals surface area contributed by atoms with Crippen molar-refractivity contribution in [1.29, 1.82) is 0 Å². The molecular weight excluding hydrogens is 536 g/mol. The lowest BCUT2D eigenvalue weighted by Gasteiger charge is -2.30. The normalized spacial score (nSPS) is 15.8. The Morgan fingerprint density at radius 1 is 1.09 bits per heavy atom. The van der Waals surface area contributed by atoms with E-state index >= 15 is 0 Å². The molecule has 1 aliphatic rings. The number of alkyl halides is 3. The molecule has 0 atom stereocenters. The number of benzene rings is 2. The Morgan fingerprint density at radius 3 is 2.34 bits per heavy atom. The van der Waals surface area contributed by atoms with Crippen LogP contribution in [0, 0.1) is 0 Å². The van der Waals surface area contributed by atoms with E-state index in [1.54, 1.807) is 0 Å². The molecule has 6 nitrogen and oxygen atoms in total. The topological polar surface area (TPSA) is 83.1 Å². The van der Waals surface area contributed by atoms with Gasteiger partial charge in [-0.25, -0.2) is 4.99 Å². The minimum Gasteiger partial charge on any atom is -0.406 e. The number of hydrogen-bond acceptors (Lipinski definition) is 4. The van der Waals surface area contributed by atoms with Gasteiger partial charge in [0, 0.05) is 26.2 Å². The third kappa shape index (κ3) is 8.83. The number of aliphatic imine (C=N–C) groups is 1. The molecule has 1 saturated heterocycles. The third-order valence-corrected chi connectivity index (χ3v) is 5.12. The average Bonchev–Trinajstić information content (AvgIpc) is 2.73. The van der Waals surface area contributed by atoms with Gasteiger partial charge in [-0.3, -0.25) is 4.90 Å². The molecular formula is C22H28F3IN4O2. The fourth-order valence-corrected chi connectivity index (χ4v) is 3.42. The van der Waals surface area contributed by atoms with Crippen LogP contribution in [0.1, 0.15) is 29.5 Å². The van der Waals surface area contributed by atoms with Crippen molar-refractivity contribution in [2.24, 2.45) is 10.7 Å². The first-order valence-corrected chi connectivity index (χ1v) is 10.1. The number of nitrogens with one attached hydrogen (secondary N) is 1. The lowest BCUT2D eigenvalue weighted by Crippen LogP contribution is -2.36. The highest BCUT2D eigenvalue weighted by molar-refractivity contribution is 14.0. The van der Waals surface area contributed by atoms with Gasteiger partial charge in [0.05, 0.1) is 12.6 Å². The Bertz CT molecular complexity index is 870. The molecule has 2 aromatic carbocycles. The van der Waals surface area contributed by atoms with E-state index in [4.69, 9.17) is 5.73 Å². The van der Waals surface area contributed by atoms with Gasteiger partial charge >= 0.3 is 6.36 Å². The molecule has 1 fully saturated rings. The van der Waals surface area contributed by atoms with Crippen LogP contribution in [0.3, 0.4) is 0 Å². The summed E-state index contributed by atoms with van der Waals surface area (Å²) in [6.45, 7) is 3.32. The smallest absolute Gasteiger partial charge is 0.406 e. The molecule has 0 radical (unpaired) electrons. The third-order valence-electron chi connectivity index (χ3n) is 5.12. The summed E-state index contributed by atoms with van der Waals surface area (Å²) in [5, 5.41) is 12.8. The fourth-order valence-electron chi connectivity index (χ4n) is 3.42. The SMILES string of the molecule is I.NC(=NCc1ccc(OC(F)(F)F)cc1)NCc1ccccc1CN1CCC(O)CC1. The summed E-state index contributed by atoms with van der Waals surface area (Å²) in [5.74, 6) is -0.0161. The first-order chi connectivity index (χ1) is 14.8. The summed E-state index contributed by atoms with van der Waals surface area (Å²) in [6.07, 6.45) is -3.32. The average molecular weight is 564 g/mol. The van der Waals surface area contributed by atoms with E-state index in [1.165, 1.54) is 29.8 Å². The molecule has 0 spiro atoms. The Hall–Kier alpha value is -2.05. The van der Waals surface area contributed by atoms with Gasteiger partial charge in [-0.1, -0.05) is 36.4 Å². The Kier molecular flexibility index (Phi) is 10.0. The second kappa shape index (κ2) is 12.3. The quantitative estimate of drug-likeness (QED) is 0.271. The second-order valence-corrected chi connectivity index (χ2v) is 7.52. The summed E-state index contributed by atoms with van der Waals surface area (Å²) < 4.78 is 40.5. The van der Waals surface area contributed by atoms with Gasteiger partial charge in [0.2, 0.25) is 0 Å². The zero-order valence-corrected chi connectivity index (χ0v) is 19.8. The number of hydrogen-bond donors (Lipinski definition) is 3. The van der Waals surface area contributed by atoms with E-state index in [2.05, 4.69) is 26.0 Å². The van der Waals surface area contributed by atoms with E-state index in [9.17, 15) is 18.3 Å². The molecule has 4 N–H and O–H groups in total. The first kappa shape index (κ1) is 26.2. The number of piperidine rings is 1. The van der Waals surface area contributed by atoms with Gasteiger partial charge < -0.3 is 20.9 Å². The van der Waals surface area contributed by atoms with Crippen molar-refractivity contribution in [3.05, 3.63) is 65.2 Å². The van der Waals surface area contributed by atoms with Gasteiger partial charge in [-0.2, -0.15) is 0 Å². The van der Waals surface area contributed by atoms with Crippen molar-refractivity contribution < 1.29 is 23.0 Å². The highest BCUT2D eigenvalue weighted by Crippen LogP contribution is 2.23. The molecule has 2 aromatic rings. The summed E-state index contributed by atoms with van der Waals surface area (Å²) in [6, 6.07) is 13.6. The van der Waals surface area contributed by atoms with Gasteiger partial charge in [0.1, 0.15) is 5.75 Å². The number of guanidine groups is 1. The largest absolute Gasteiger partial charge is 0.573 e. The first-order valence-electron chi connectivity index (χ1n) is 10.1. The number of nitrogens with zero attached hydrogens (tertiary/aromatic N) is 2. The number of rotatable bonds is 7. The number of aliphatic hydroxyl groups excluding tert-OH is 1. The minimum atomic E-state index is -4.71. The van der Waals surface area contributed by atoms with Crippen LogP contribution in [0.25, 0.3) is 0 Å². The van der Waals surface area contributed by atoms with Crippen molar-refractivity contribution in [3.63, 3.8) is 0 Å². The predicted octanol–water partition coefficient (Wildman–Crippen LogP) is 3.76. The van der Waals surface area contributed by atoms with Crippen LogP contribution in [0.4, 0.5) is 13.2 Å². The Balaban J connectivity index is 0.00000363.